The molecule has 2 heteroatoms. The van der Waals surface area contributed by atoms with Crippen molar-refractivity contribution >= 4 is 11.6 Å². The van der Waals surface area contributed by atoms with E-state index in [1.807, 2.05) is 18.2 Å². The minimum Gasteiger partial charge on any atom is -0.284 e. The lowest BCUT2D eigenvalue weighted by molar-refractivity contribution is -0.131. The van der Waals surface area contributed by atoms with Gasteiger partial charge in [-0.05, 0) is 71.6 Å². The van der Waals surface area contributed by atoms with Crippen molar-refractivity contribution < 1.29 is 4.79 Å². The van der Waals surface area contributed by atoms with Gasteiger partial charge in [-0.3, -0.25) is 9.69 Å². The zero-order valence-corrected chi connectivity index (χ0v) is 17.4. The molecule has 1 fully saturated rings. The van der Waals surface area contributed by atoms with Crippen molar-refractivity contribution in [1.29, 1.82) is 0 Å². The Morgan fingerprint density at radius 3 is 2.26 bits per heavy atom. The van der Waals surface area contributed by atoms with E-state index in [2.05, 4.69) is 57.7 Å². The average Bonchev–Trinajstić information content (AvgIpc) is 2.72. The van der Waals surface area contributed by atoms with Crippen molar-refractivity contribution in [3.63, 3.8) is 0 Å². The van der Waals surface area contributed by atoms with Crippen LogP contribution in [0, 0.1) is 21.7 Å². The first-order chi connectivity index (χ1) is 12.5. The number of hydrogen-bond acceptors (Lipinski definition) is 1. The number of benzene rings is 1. The van der Waals surface area contributed by atoms with E-state index in [0.717, 1.165) is 31.4 Å². The molecular formula is C25H31NO. The molecule has 2 atom stereocenters. The largest absolute Gasteiger partial charge is 0.284 e. The Kier molecular flexibility index (Phi) is 3.17. The van der Waals surface area contributed by atoms with Crippen LogP contribution in [-0.4, -0.2) is 5.91 Å². The van der Waals surface area contributed by atoms with Crippen molar-refractivity contribution in [2.45, 2.75) is 66.7 Å². The van der Waals surface area contributed by atoms with E-state index in [9.17, 15) is 4.79 Å². The zero-order valence-electron chi connectivity index (χ0n) is 17.4. The molecule has 1 amide bonds. The summed E-state index contributed by atoms with van der Waals surface area (Å²) in [6, 6.07) is 10.3. The molecule has 0 N–H and O–H groups in total. The zero-order chi connectivity index (χ0) is 19.2. The van der Waals surface area contributed by atoms with Gasteiger partial charge in [0.25, 0.3) is 0 Å². The number of anilines is 1. The third-order valence-corrected chi connectivity index (χ3v) is 7.19. The summed E-state index contributed by atoms with van der Waals surface area (Å²) in [6.07, 6.45) is 7.78. The van der Waals surface area contributed by atoms with Gasteiger partial charge in [0.2, 0.25) is 5.91 Å². The number of hydrogen-bond donors (Lipinski definition) is 0. The van der Waals surface area contributed by atoms with Crippen LogP contribution in [-0.2, 0) is 4.79 Å². The number of rotatable bonds is 1. The van der Waals surface area contributed by atoms with Crippen LogP contribution in [0.15, 0.2) is 53.3 Å². The number of amides is 1. The van der Waals surface area contributed by atoms with E-state index < -0.39 is 0 Å². The summed E-state index contributed by atoms with van der Waals surface area (Å²) < 4.78 is 0. The van der Waals surface area contributed by atoms with Crippen LogP contribution in [0.1, 0.15) is 66.7 Å². The number of fused-ring (bicyclic) bond motifs is 1. The van der Waals surface area contributed by atoms with Crippen LogP contribution < -0.4 is 4.90 Å². The molecule has 1 saturated carbocycles. The molecule has 2 bridgehead atoms. The Morgan fingerprint density at radius 2 is 1.56 bits per heavy atom. The summed E-state index contributed by atoms with van der Waals surface area (Å²) in [4.78, 5) is 16.2. The number of allylic oxidation sites excluding steroid dienone is 3. The number of carbonyl (C=O) groups is 1. The van der Waals surface area contributed by atoms with Gasteiger partial charge in [-0.1, -0.05) is 58.9 Å². The van der Waals surface area contributed by atoms with Gasteiger partial charge >= 0.3 is 0 Å². The lowest BCUT2D eigenvalue weighted by atomic mass is 9.47. The van der Waals surface area contributed by atoms with Gasteiger partial charge in [0.15, 0.2) is 0 Å². The van der Waals surface area contributed by atoms with Crippen molar-refractivity contribution in [3.05, 3.63) is 53.3 Å². The van der Waals surface area contributed by atoms with Gasteiger partial charge in [0.05, 0.1) is 5.41 Å². The molecular weight excluding hydrogens is 330 g/mol. The maximum absolute atomic E-state index is 14.1. The molecule has 1 spiro atoms. The molecule has 1 heterocycles. The van der Waals surface area contributed by atoms with Crippen LogP contribution in [0.4, 0.5) is 5.69 Å². The molecule has 1 aromatic rings. The van der Waals surface area contributed by atoms with Crippen LogP contribution in [0.5, 0.6) is 0 Å². The molecule has 1 aliphatic heterocycles. The Balaban J connectivity index is 1.78. The van der Waals surface area contributed by atoms with Gasteiger partial charge < -0.3 is 0 Å². The minimum atomic E-state index is -0.317. The molecule has 5 rings (SSSR count). The fourth-order valence-corrected chi connectivity index (χ4v) is 7.22. The first-order valence-electron chi connectivity index (χ1n) is 10.4. The van der Waals surface area contributed by atoms with Gasteiger partial charge in [0, 0.05) is 11.4 Å². The highest BCUT2D eigenvalue weighted by Crippen LogP contribution is 2.68. The SMILES string of the molecule is CC1(C)CC2=CC3(C)CC(C)(C)CC4(C3)C(=O)N(c3ccccc3)C(=C24)C1. The first-order valence-corrected chi connectivity index (χ1v) is 10.4. The molecule has 0 radical (unpaired) electrons. The number of carbonyl (C=O) groups excluding carboxylic acids is 1. The quantitative estimate of drug-likeness (QED) is 0.579. The summed E-state index contributed by atoms with van der Waals surface area (Å²) in [5, 5.41) is 0. The molecule has 27 heavy (non-hydrogen) atoms. The van der Waals surface area contributed by atoms with E-state index in [1.165, 1.54) is 23.3 Å². The Bertz CT molecular complexity index is 904. The fourth-order valence-electron chi connectivity index (χ4n) is 7.22. The molecule has 142 valence electrons. The van der Waals surface area contributed by atoms with Crippen LogP contribution >= 0.6 is 0 Å². The second-order valence-corrected chi connectivity index (χ2v) is 11.4. The highest BCUT2D eigenvalue weighted by Gasteiger charge is 2.64. The topological polar surface area (TPSA) is 20.3 Å². The smallest absolute Gasteiger partial charge is 0.242 e. The summed E-state index contributed by atoms with van der Waals surface area (Å²) >= 11 is 0. The third kappa shape index (κ3) is 2.35. The lowest BCUT2D eigenvalue weighted by Crippen LogP contribution is -2.50. The Hall–Kier alpha value is -1.83. The molecule has 2 nitrogen and oxygen atoms in total. The van der Waals surface area contributed by atoms with E-state index in [0.29, 0.717) is 5.91 Å². The lowest BCUT2D eigenvalue weighted by Gasteiger charge is -2.55. The van der Waals surface area contributed by atoms with E-state index in [-0.39, 0.29) is 21.7 Å². The van der Waals surface area contributed by atoms with Gasteiger partial charge in [-0.15, -0.1) is 0 Å². The fraction of sp³-hybridized carbons (Fsp3) is 0.560. The van der Waals surface area contributed by atoms with Crippen LogP contribution in [0.2, 0.25) is 0 Å². The molecule has 0 saturated heterocycles. The average molecular weight is 362 g/mol. The van der Waals surface area contributed by atoms with Gasteiger partial charge in [0.1, 0.15) is 0 Å². The highest BCUT2D eigenvalue weighted by atomic mass is 16.2. The monoisotopic (exact) mass is 361 g/mol. The highest BCUT2D eigenvalue weighted by molar-refractivity contribution is 6.07. The van der Waals surface area contributed by atoms with Crippen LogP contribution in [0.25, 0.3) is 0 Å². The van der Waals surface area contributed by atoms with E-state index in [4.69, 9.17) is 0 Å². The summed E-state index contributed by atoms with van der Waals surface area (Å²) in [5.41, 5.74) is 5.38. The number of nitrogens with zero attached hydrogens (tertiary/aromatic N) is 1. The van der Waals surface area contributed by atoms with Crippen LogP contribution in [0.3, 0.4) is 0 Å². The Labute approximate surface area is 163 Å². The first kappa shape index (κ1) is 17.3. The van der Waals surface area contributed by atoms with Crippen molar-refractivity contribution in [2.75, 3.05) is 4.90 Å². The summed E-state index contributed by atoms with van der Waals surface area (Å²) in [5.74, 6) is 0.334. The molecule has 0 aromatic heterocycles. The van der Waals surface area contributed by atoms with Crippen molar-refractivity contribution in [3.8, 4) is 0 Å². The maximum Gasteiger partial charge on any atom is 0.242 e. The maximum atomic E-state index is 14.1. The van der Waals surface area contributed by atoms with Crippen molar-refractivity contribution in [1.82, 2.24) is 0 Å². The number of para-hydroxylation sites is 1. The second-order valence-electron chi connectivity index (χ2n) is 11.4. The second kappa shape index (κ2) is 4.96. The third-order valence-electron chi connectivity index (χ3n) is 7.19. The standard InChI is InChI=1S/C25H31NO/c1-22(2)11-17-12-24(5)14-23(3,4)15-25(16-24)20(17)19(13-22)26(21(25)27)18-9-7-6-8-10-18/h6-10,12H,11,13-16H2,1-5H3. The summed E-state index contributed by atoms with van der Waals surface area (Å²) in [6.45, 7) is 11.8. The molecule has 3 aliphatic carbocycles. The van der Waals surface area contributed by atoms with Crippen molar-refractivity contribution in [2.24, 2.45) is 21.7 Å². The van der Waals surface area contributed by atoms with Gasteiger partial charge in [-0.2, -0.15) is 0 Å². The van der Waals surface area contributed by atoms with Gasteiger partial charge in [-0.25, -0.2) is 0 Å². The minimum absolute atomic E-state index is 0.126. The molecule has 1 aromatic carbocycles. The molecule has 4 aliphatic rings. The normalized spacial score (nSPS) is 35.8. The predicted molar refractivity (Wildman–Crippen MR) is 110 cm³/mol. The van der Waals surface area contributed by atoms with E-state index >= 15 is 0 Å². The Morgan fingerprint density at radius 1 is 0.852 bits per heavy atom. The molecule has 2 unspecified atom stereocenters. The summed E-state index contributed by atoms with van der Waals surface area (Å²) in [7, 11) is 0. The van der Waals surface area contributed by atoms with E-state index in [1.54, 1.807) is 0 Å². The predicted octanol–water partition coefficient (Wildman–Crippen LogP) is 6.25.